The molecule has 0 saturated carbocycles. The molecule has 0 aliphatic carbocycles. The van der Waals surface area contributed by atoms with Gasteiger partial charge in [-0.15, -0.1) is 0 Å². The number of ether oxygens (including phenoxy) is 2. The van der Waals surface area contributed by atoms with E-state index in [1.807, 2.05) is 14.8 Å². The molecule has 0 aromatic carbocycles. The van der Waals surface area contributed by atoms with Gasteiger partial charge in [-0.1, -0.05) is 0 Å². The Hall–Kier alpha value is -0.0151. The first-order chi connectivity index (χ1) is 3.12. The van der Waals surface area contributed by atoms with Crippen molar-refractivity contribution in [2.24, 2.45) is 0 Å². The summed E-state index contributed by atoms with van der Waals surface area (Å²) in [6.07, 6.45) is 0. The summed E-state index contributed by atoms with van der Waals surface area (Å²) in [5.74, 6) is 0. The van der Waals surface area contributed by atoms with Crippen molar-refractivity contribution in [3.63, 3.8) is 0 Å². The van der Waals surface area contributed by atoms with Crippen LogP contribution >= 0.6 is 0 Å². The lowest BCUT2D eigenvalue weighted by atomic mass is 9.97. The van der Waals surface area contributed by atoms with Gasteiger partial charge in [0.15, 0.2) is 7.85 Å². The van der Waals surface area contributed by atoms with Crippen molar-refractivity contribution in [2.75, 3.05) is 14.2 Å². The summed E-state index contributed by atoms with van der Waals surface area (Å²) >= 11 is 0. The van der Waals surface area contributed by atoms with Crippen molar-refractivity contribution in [1.29, 1.82) is 0 Å². The highest BCUT2D eigenvalue weighted by atomic mass is 16.7. The summed E-state index contributed by atoms with van der Waals surface area (Å²) < 4.78 is 9.73. The van der Waals surface area contributed by atoms with Crippen molar-refractivity contribution in [3.05, 3.63) is 0 Å². The first-order valence-electron chi connectivity index (χ1n) is 2.22. The number of hydrogen-bond donors (Lipinski definition) is 0. The fraction of sp³-hybridized carbons (Fsp3) is 1.00. The van der Waals surface area contributed by atoms with E-state index in [9.17, 15) is 0 Å². The molecular weight excluding hydrogens is 90.9 g/mol. The van der Waals surface area contributed by atoms with Gasteiger partial charge in [0.05, 0.1) is 0 Å². The van der Waals surface area contributed by atoms with E-state index < -0.39 is 5.69 Å². The minimum Gasteiger partial charge on any atom is -0.362 e. The molecule has 0 atom stereocenters. The standard InChI is InChI=1S/C4H11BO2/c1-4(5,6-2)7-3/h5H2,1-3H3. The van der Waals surface area contributed by atoms with E-state index in [1.54, 1.807) is 14.2 Å². The quantitative estimate of drug-likeness (QED) is 0.348. The van der Waals surface area contributed by atoms with Crippen molar-refractivity contribution < 1.29 is 9.47 Å². The third-order valence-corrected chi connectivity index (χ3v) is 0.983. The molecule has 0 aliphatic rings. The fourth-order valence-corrected chi connectivity index (χ4v) is 0.0833. The Bertz CT molecular complexity index is 47.7. The van der Waals surface area contributed by atoms with Crippen LogP contribution in [0.15, 0.2) is 0 Å². The third kappa shape index (κ3) is 2.65. The molecule has 2 nitrogen and oxygen atoms in total. The second kappa shape index (κ2) is 2.33. The molecule has 3 heteroatoms. The number of rotatable bonds is 2. The highest BCUT2D eigenvalue weighted by molar-refractivity contribution is 6.13. The van der Waals surface area contributed by atoms with Gasteiger partial charge in [-0.2, -0.15) is 0 Å². The zero-order valence-electron chi connectivity index (χ0n) is 5.32. The fourth-order valence-electron chi connectivity index (χ4n) is 0.0833. The van der Waals surface area contributed by atoms with Crippen molar-refractivity contribution in [3.8, 4) is 0 Å². The van der Waals surface area contributed by atoms with Crippen LogP contribution in [-0.4, -0.2) is 27.8 Å². The van der Waals surface area contributed by atoms with Gasteiger partial charge in [0.25, 0.3) is 0 Å². The molecule has 0 amide bonds. The summed E-state index contributed by atoms with van der Waals surface area (Å²) in [5, 5.41) is 0. The topological polar surface area (TPSA) is 18.5 Å². The van der Waals surface area contributed by atoms with Crippen LogP contribution in [-0.2, 0) is 9.47 Å². The largest absolute Gasteiger partial charge is 0.362 e. The van der Waals surface area contributed by atoms with E-state index in [1.165, 1.54) is 0 Å². The van der Waals surface area contributed by atoms with Crippen molar-refractivity contribution in [2.45, 2.75) is 12.6 Å². The minimum atomic E-state index is -0.417. The molecule has 0 rings (SSSR count). The Kier molecular flexibility index (Phi) is 2.33. The van der Waals surface area contributed by atoms with Gasteiger partial charge in [-0.3, -0.25) is 0 Å². The average molecular weight is 102 g/mol. The molecule has 0 radical (unpaired) electrons. The average Bonchev–Trinajstić information content (AvgIpc) is 1.68. The van der Waals surface area contributed by atoms with Crippen molar-refractivity contribution in [1.82, 2.24) is 0 Å². The SMILES string of the molecule is BC(C)(OC)OC. The van der Waals surface area contributed by atoms with E-state index in [2.05, 4.69) is 0 Å². The van der Waals surface area contributed by atoms with Gasteiger partial charge < -0.3 is 9.47 Å². The van der Waals surface area contributed by atoms with Crippen LogP contribution in [0.2, 0.25) is 0 Å². The van der Waals surface area contributed by atoms with Gasteiger partial charge in [0.1, 0.15) is 5.69 Å². The molecule has 7 heavy (non-hydrogen) atoms. The Labute approximate surface area is 45.2 Å². The summed E-state index contributed by atoms with van der Waals surface area (Å²) in [6, 6.07) is 0. The smallest absolute Gasteiger partial charge is 0.178 e. The Morgan fingerprint density at radius 3 is 1.57 bits per heavy atom. The molecule has 0 heterocycles. The predicted molar refractivity (Wildman–Crippen MR) is 31.0 cm³/mol. The summed E-state index contributed by atoms with van der Waals surface area (Å²) in [4.78, 5) is 0. The normalized spacial score (nSPS) is 11.9. The molecule has 0 aromatic rings. The van der Waals surface area contributed by atoms with Crippen LogP contribution in [0.3, 0.4) is 0 Å². The zero-order chi connectivity index (χ0) is 5.91. The lowest BCUT2D eigenvalue weighted by Crippen LogP contribution is -2.29. The highest BCUT2D eigenvalue weighted by Gasteiger charge is 2.12. The van der Waals surface area contributed by atoms with Gasteiger partial charge >= 0.3 is 0 Å². The molecule has 0 aromatic heterocycles. The Morgan fingerprint density at radius 2 is 1.57 bits per heavy atom. The van der Waals surface area contributed by atoms with E-state index >= 15 is 0 Å². The maximum absolute atomic E-state index is 4.86. The molecule has 0 N–H and O–H groups in total. The Morgan fingerprint density at radius 1 is 1.29 bits per heavy atom. The number of methoxy groups -OCH3 is 2. The summed E-state index contributed by atoms with van der Waals surface area (Å²) in [5.41, 5.74) is -0.417. The molecule has 42 valence electrons. The molecule has 0 bridgehead atoms. The van der Waals surface area contributed by atoms with E-state index in [0.29, 0.717) is 0 Å². The first kappa shape index (κ1) is 6.98. The van der Waals surface area contributed by atoms with Gasteiger partial charge in [0, 0.05) is 14.2 Å². The lowest BCUT2D eigenvalue weighted by molar-refractivity contribution is -0.127. The highest BCUT2D eigenvalue weighted by Crippen LogP contribution is 2.00. The van der Waals surface area contributed by atoms with Gasteiger partial charge in [-0.25, -0.2) is 0 Å². The van der Waals surface area contributed by atoms with Crippen LogP contribution in [0.5, 0.6) is 0 Å². The van der Waals surface area contributed by atoms with Crippen molar-refractivity contribution >= 4 is 7.85 Å². The predicted octanol–water partition coefficient (Wildman–Crippen LogP) is -0.414. The zero-order valence-corrected chi connectivity index (χ0v) is 5.32. The van der Waals surface area contributed by atoms with E-state index in [4.69, 9.17) is 9.47 Å². The Balaban J connectivity index is 3.36. The maximum atomic E-state index is 4.86. The van der Waals surface area contributed by atoms with Crippen LogP contribution in [0.1, 0.15) is 6.92 Å². The molecular formula is C4H11BO2. The lowest BCUT2D eigenvalue weighted by Gasteiger charge is -2.20. The molecule has 0 unspecified atom stereocenters. The maximum Gasteiger partial charge on any atom is 0.178 e. The summed E-state index contributed by atoms with van der Waals surface area (Å²) in [7, 11) is 5.08. The minimum absolute atomic E-state index is 0.417. The van der Waals surface area contributed by atoms with Gasteiger partial charge in [-0.05, 0) is 6.92 Å². The van der Waals surface area contributed by atoms with Crippen LogP contribution in [0, 0.1) is 0 Å². The third-order valence-electron chi connectivity index (χ3n) is 0.983. The molecule has 0 fully saturated rings. The second-order valence-electron chi connectivity index (χ2n) is 1.81. The summed E-state index contributed by atoms with van der Waals surface area (Å²) in [6.45, 7) is 1.85. The van der Waals surface area contributed by atoms with E-state index in [0.717, 1.165) is 0 Å². The monoisotopic (exact) mass is 102 g/mol. The number of hydrogen-bond acceptors (Lipinski definition) is 2. The first-order valence-corrected chi connectivity index (χ1v) is 2.22. The van der Waals surface area contributed by atoms with Gasteiger partial charge in [0.2, 0.25) is 0 Å². The van der Waals surface area contributed by atoms with Crippen LogP contribution in [0.4, 0.5) is 0 Å². The van der Waals surface area contributed by atoms with E-state index in [-0.39, 0.29) is 0 Å². The van der Waals surface area contributed by atoms with Crippen LogP contribution in [0.25, 0.3) is 0 Å². The molecule has 0 aliphatic heterocycles. The molecule has 0 spiro atoms. The second-order valence-corrected chi connectivity index (χ2v) is 1.81. The van der Waals surface area contributed by atoms with Crippen LogP contribution < -0.4 is 0 Å². The molecule has 0 saturated heterocycles.